The fourth-order valence-electron chi connectivity index (χ4n) is 3.65. The molecule has 2 aromatic carbocycles. The molecular formula is C24H27N5S2. The fourth-order valence-corrected chi connectivity index (χ4v) is 5.06. The van der Waals surface area contributed by atoms with E-state index in [1.807, 2.05) is 36.5 Å². The van der Waals surface area contributed by atoms with E-state index >= 15 is 0 Å². The van der Waals surface area contributed by atoms with Gasteiger partial charge in [-0.25, -0.2) is 9.97 Å². The number of fused-ring (bicyclic) bond motifs is 1. The zero-order valence-corrected chi connectivity index (χ0v) is 19.8. The molecule has 1 unspecified atom stereocenters. The molecule has 0 aliphatic rings. The van der Waals surface area contributed by atoms with Crippen molar-refractivity contribution in [2.45, 2.75) is 31.3 Å². The molecule has 4 aromatic rings. The monoisotopic (exact) mass is 449 g/mol. The van der Waals surface area contributed by atoms with Gasteiger partial charge in [0.15, 0.2) is 0 Å². The number of aromatic nitrogens is 2. The maximum Gasteiger partial charge on any atom is 0.138 e. The molecule has 2 aromatic heterocycles. The lowest BCUT2D eigenvalue weighted by molar-refractivity contribution is 0.403. The van der Waals surface area contributed by atoms with E-state index < -0.39 is 0 Å². The van der Waals surface area contributed by atoms with Gasteiger partial charge in [-0.1, -0.05) is 24.3 Å². The van der Waals surface area contributed by atoms with Crippen LogP contribution < -0.4 is 10.5 Å². The molecule has 0 bridgehead atoms. The number of hydrogen-bond donors (Lipinski definition) is 2. The van der Waals surface area contributed by atoms with E-state index in [2.05, 4.69) is 77.6 Å². The molecule has 0 aliphatic heterocycles. The Kier molecular flexibility index (Phi) is 6.57. The summed E-state index contributed by atoms with van der Waals surface area (Å²) in [5, 5.41) is 10.4. The van der Waals surface area contributed by atoms with E-state index in [0.717, 1.165) is 34.0 Å². The van der Waals surface area contributed by atoms with Gasteiger partial charge in [0.05, 0.1) is 11.6 Å². The van der Waals surface area contributed by atoms with E-state index in [4.69, 9.17) is 5.14 Å². The van der Waals surface area contributed by atoms with Crippen LogP contribution in [-0.4, -0.2) is 29.0 Å². The summed E-state index contributed by atoms with van der Waals surface area (Å²) < 4.78 is 0. The second kappa shape index (κ2) is 9.36. The minimum absolute atomic E-state index is 0.117. The van der Waals surface area contributed by atoms with Gasteiger partial charge in [0.2, 0.25) is 0 Å². The summed E-state index contributed by atoms with van der Waals surface area (Å²) in [7, 11) is 4.20. The molecule has 2 heterocycles. The summed E-state index contributed by atoms with van der Waals surface area (Å²) in [5.41, 5.74) is 3.56. The number of anilines is 1. The van der Waals surface area contributed by atoms with Gasteiger partial charge in [-0.2, -0.15) is 0 Å². The molecule has 0 saturated carbocycles. The van der Waals surface area contributed by atoms with E-state index in [0.29, 0.717) is 0 Å². The predicted octanol–water partition coefficient (Wildman–Crippen LogP) is 5.87. The summed E-state index contributed by atoms with van der Waals surface area (Å²) in [5.74, 6) is 1.59. The van der Waals surface area contributed by atoms with Crippen LogP contribution in [0.2, 0.25) is 0 Å². The summed E-state index contributed by atoms with van der Waals surface area (Å²) in [6, 6.07) is 19.2. The number of aryl methyl sites for hydroxylation is 1. The highest BCUT2D eigenvalue weighted by Crippen LogP contribution is 2.35. The topological polar surface area (TPSA) is 67.1 Å². The first-order valence-electron chi connectivity index (χ1n) is 10.2. The van der Waals surface area contributed by atoms with Crippen LogP contribution in [0.5, 0.6) is 0 Å². The van der Waals surface area contributed by atoms with Crippen molar-refractivity contribution in [2.75, 3.05) is 19.4 Å². The van der Waals surface area contributed by atoms with Crippen molar-refractivity contribution in [1.29, 1.82) is 0 Å². The van der Waals surface area contributed by atoms with E-state index in [9.17, 15) is 0 Å². The standard InChI is InChI=1S/C24H27N5S2/c1-15(26-24-20-13-18(31-25)9-10-21(20)27-16(2)28-24)22-11-12-23(30-22)19-8-6-5-7-17(19)14-29(3)4/h5-13,15H,14,25H2,1-4H3,(H,26,27,28). The highest BCUT2D eigenvalue weighted by atomic mass is 32.2. The number of nitrogens with one attached hydrogen (secondary N) is 1. The van der Waals surface area contributed by atoms with Gasteiger partial charge in [0, 0.05) is 26.6 Å². The van der Waals surface area contributed by atoms with Crippen molar-refractivity contribution in [3.05, 3.63) is 70.9 Å². The largest absolute Gasteiger partial charge is 0.362 e. The maximum absolute atomic E-state index is 5.77. The van der Waals surface area contributed by atoms with Gasteiger partial charge in [0.25, 0.3) is 0 Å². The average molecular weight is 450 g/mol. The molecular weight excluding hydrogens is 422 g/mol. The molecule has 0 spiro atoms. The van der Waals surface area contributed by atoms with Crippen LogP contribution in [0.1, 0.15) is 29.2 Å². The van der Waals surface area contributed by atoms with Crippen molar-refractivity contribution in [3.8, 4) is 10.4 Å². The molecule has 160 valence electrons. The lowest BCUT2D eigenvalue weighted by Gasteiger charge is -2.16. The molecule has 31 heavy (non-hydrogen) atoms. The second-order valence-corrected chi connectivity index (χ2v) is 9.70. The normalized spacial score (nSPS) is 12.5. The Morgan fingerprint density at radius 3 is 2.68 bits per heavy atom. The van der Waals surface area contributed by atoms with Gasteiger partial charge in [0.1, 0.15) is 11.6 Å². The van der Waals surface area contributed by atoms with Crippen LogP contribution in [0.3, 0.4) is 0 Å². The number of rotatable bonds is 7. The van der Waals surface area contributed by atoms with E-state index in [1.54, 1.807) is 0 Å². The Morgan fingerprint density at radius 2 is 1.90 bits per heavy atom. The number of nitrogens with two attached hydrogens (primary N) is 1. The van der Waals surface area contributed by atoms with Crippen LogP contribution in [0, 0.1) is 6.92 Å². The molecule has 0 fully saturated rings. The molecule has 0 amide bonds. The van der Waals surface area contributed by atoms with Gasteiger partial charge in [-0.15, -0.1) is 11.3 Å². The molecule has 7 heteroatoms. The lowest BCUT2D eigenvalue weighted by Crippen LogP contribution is -2.11. The molecule has 0 aliphatic carbocycles. The lowest BCUT2D eigenvalue weighted by atomic mass is 10.1. The zero-order chi connectivity index (χ0) is 22.0. The average Bonchev–Trinajstić information content (AvgIpc) is 3.23. The first-order chi connectivity index (χ1) is 14.9. The van der Waals surface area contributed by atoms with Crippen LogP contribution in [-0.2, 0) is 6.54 Å². The Hall–Kier alpha value is -2.45. The van der Waals surface area contributed by atoms with Gasteiger partial charge >= 0.3 is 0 Å². The van der Waals surface area contributed by atoms with Crippen LogP contribution >= 0.6 is 23.3 Å². The highest BCUT2D eigenvalue weighted by Gasteiger charge is 2.15. The number of benzene rings is 2. The number of thiophene rings is 1. The first-order valence-corrected chi connectivity index (χ1v) is 11.9. The fraction of sp³-hybridized carbons (Fsp3) is 0.250. The third-order valence-corrected chi connectivity index (χ3v) is 6.92. The molecule has 0 saturated heterocycles. The van der Waals surface area contributed by atoms with E-state index in [-0.39, 0.29) is 6.04 Å². The quantitative estimate of drug-likeness (QED) is 0.344. The summed E-state index contributed by atoms with van der Waals surface area (Å²) in [4.78, 5) is 15.0. The van der Waals surface area contributed by atoms with Gasteiger partial charge in [-0.3, -0.25) is 5.14 Å². The Morgan fingerprint density at radius 1 is 1.10 bits per heavy atom. The van der Waals surface area contributed by atoms with Gasteiger partial charge < -0.3 is 10.2 Å². The second-order valence-electron chi connectivity index (χ2n) is 7.88. The van der Waals surface area contributed by atoms with Crippen molar-refractivity contribution in [3.63, 3.8) is 0 Å². The Bertz CT molecular complexity index is 1200. The molecule has 5 nitrogen and oxygen atoms in total. The first kappa shape index (κ1) is 21.8. The molecule has 3 N–H and O–H groups in total. The van der Waals surface area contributed by atoms with Crippen LogP contribution in [0.25, 0.3) is 21.3 Å². The summed E-state index contributed by atoms with van der Waals surface area (Å²) >= 11 is 3.06. The number of hydrogen-bond acceptors (Lipinski definition) is 7. The van der Waals surface area contributed by atoms with E-state index in [1.165, 1.54) is 32.8 Å². The van der Waals surface area contributed by atoms with Gasteiger partial charge in [-0.05, 0) is 81.3 Å². The zero-order valence-electron chi connectivity index (χ0n) is 18.2. The SMILES string of the molecule is Cc1nc(NC(C)c2ccc(-c3ccccc3CN(C)C)s2)c2cc(SN)ccc2n1. The molecule has 4 rings (SSSR count). The van der Waals surface area contributed by atoms with Crippen molar-refractivity contribution < 1.29 is 0 Å². The Labute approximate surface area is 191 Å². The molecule has 1 atom stereocenters. The minimum Gasteiger partial charge on any atom is -0.362 e. The number of nitrogens with zero attached hydrogens (tertiary/aromatic N) is 3. The highest BCUT2D eigenvalue weighted by molar-refractivity contribution is 7.97. The molecule has 0 radical (unpaired) electrons. The maximum atomic E-state index is 5.77. The summed E-state index contributed by atoms with van der Waals surface area (Å²) in [6.07, 6.45) is 0. The van der Waals surface area contributed by atoms with Crippen molar-refractivity contribution in [2.24, 2.45) is 5.14 Å². The van der Waals surface area contributed by atoms with Crippen LogP contribution in [0.4, 0.5) is 5.82 Å². The third kappa shape index (κ3) is 4.91. The van der Waals surface area contributed by atoms with Crippen molar-refractivity contribution in [1.82, 2.24) is 14.9 Å². The predicted molar refractivity (Wildman–Crippen MR) is 134 cm³/mol. The minimum atomic E-state index is 0.117. The summed E-state index contributed by atoms with van der Waals surface area (Å²) in [6.45, 7) is 5.02. The van der Waals surface area contributed by atoms with Crippen molar-refractivity contribution >= 4 is 40.0 Å². The Balaban J connectivity index is 1.63. The van der Waals surface area contributed by atoms with Crippen LogP contribution in [0.15, 0.2) is 59.5 Å². The smallest absolute Gasteiger partial charge is 0.138 e. The third-order valence-electron chi connectivity index (χ3n) is 5.09.